The number of hydrogen-bond acceptors (Lipinski definition) is 1. The van der Waals surface area contributed by atoms with Gasteiger partial charge in [-0.1, -0.05) is 48.6 Å². The highest BCUT2D eigenvalue weighted by Gasteiger charge is 2.34. The first-order chi connectivity index (χ1) is 7.27. The molecule has 0 bridgehead atoms. The van der Waals surface area contributed by atoms with Gasteiger partial charge in [-0.15, -0.1) is 6.58 Å². The highest BCUT2D eigenvalue weighted by atomic mass is 31.2. The maximum absolute atomic E-state index is 12.8. The molecule has 2 atom stereocenters. The van der Waals surface area contributed by atoms with Crippen LogP contribution in [0.5, 0.6) is 0 Å². The average molecular weight is 218 g/mol. The second-order valence-corrected chi connectivity index (χ2v) is 6.97. The fourth-order valence-corrected chi connectivity index (χ4v) is 4.91. The van der Waals surface area contributed by atoms with Gasteiger partial charge in [-0.3, -0.25) is 0 Å². The van der Waals surface area contributed by atoms with Crippen LogP contribution in [0.2, 0.25) is 0 Å². The van der Waals surface area contributed by atoms with Gasteiger partial charge >= 0.3 is 0 Å². The molecule has 0 saturated heterocycles. The predicted molar refractivity (Wildman–Crippen MR) is 66.3 cm³/mol. The third kappa shape index (κ3) is 1.85. The summed E-state index contributed by atoms with van der Waals surface area (Å²) in [5.74, 6) is 0. The second kappa shape index (κ2) is 4.20. The lowest BCUT2D eigenvalue weighted by atomic mass is 10.3. The Labute approximate surface area is 90.9 Å². The third-order valence-corrected chi connectivity index (χ3v) is 6.25. The predicted octanol–water partition coefficient (Wildman–Crippen LogP) is 3.19. The van der Waals surface area contributed by atoms with Gasteiger partial charge in [0, 0.05) is 17.1 Å². The van der Waals surface area contributed by atoms with E-state index in [1.54, 1.807) is 0 Å². The Hall–Kier alpha value is -1.07. The van der Waals surface area contributed by atoms with Crippen molar-refractivity contribution in [1.29, 1.82) is 0 Å². The van der Waals surface area contributed by atoms with Crippen molar-refractivity contribution in [2.45, 2.75) is 12.1 Å². The number of rotatable bonds is 3. The third-order valence-electron chi connectivity index (χ3n) is 2.87. The van der Waals surface area contributed by atoms with E-state index in [9.17, 15) is 4.57 Å². The minimum absolute atomic E-state index is 0.164. The van der Waals surface area contributed by atoms with Gasteiger partial charge in [0.2, 0.25) is 0 Å². The van der Waals surface area contributed by atoms with Crippen LogP contribution >= 0.6 is 7.14 Å². The SMILES string of the molecule is C=CC[C@@H]1C=CC[P@@]1(=O)c1ccccc1. The van der Waals surface area contributed by atoms with Crippen molar-refractivity contribution in [2.24, 2.45) is 0 Å². The molecule has 0 aliphatic carbocycles. The highest BCUT2D eigenvalue weighted by molar-refractivity contribution is 7.72. The second-order valence-electron chi connectivity index (χ2n) is 3.83. The van der Waals surface area contributed by atoms with Crippen molar-refractivity contribution in [1.82, 2.24) is 0 Å². The lowest BCUT2D eigenvalue weighted by molar-refractivity contribution is 0.579. The van der Waals surface area contributed by atoms with Crippen LogP contribution in [-0.4, -0.2) is 11.8 Å². The molecule has 0 spiro atoms. The Morgan fingerprint density at radius 2 is 2.13 bits per heavy atom. The molecule has 0 amide bonds. The Balaban J connectivity index is 2.35. The molecule has 0 saturated carbocycles. The minimum atomic E-state index is -2.23. The zero-order valence-corrected chi connectivity index (χ0v) is 9.57. The van der Waals surface area contributed by atoms with E-state index in [2.05, 4.69) is 12.7 Å². The van der Waals surface area contributed by atoms with Crippen molar-refractivity contribution in [2.75, 3.05) is 6.16 Å². The molecule has 1 aromatic carbocycles. The number of benzene rings is 1. The van der Waals surface area contributed by atoms with Crippen molar-refractivity contribution in [3.8, 4) is 0 Å². The Kier molecular flexibility index (Phi) is 2.93. The molecular weight excluding hydrogens is 203 g/mol. The van der Waals surface area contributed by atoms with Crippen LogP contribution < -0.4 is 5.30 Å². The van der Waals surface area contributed by atoms with E-state index >= 15 is 0 Å². The molecule has 2 rings (SSSR count). The van der Waals surface area contributed by atoms with Gasteiger partial charge in [0.05, 0.1) is 0 Å². The molecule has 78 valence electrons. The lowest BCUT2D eigenvalue weighted by Gasteiger charge is -2.19. The highest BCUT2D eigenvalue weighted by Crippen LogP contribution is 2.54. The molecular formula is C13H15OP. The maximum Gasteiger partial charge on any atom is 0.126 e. The molecule has 15 heavy (non-hydrogen) atoms. The molecule has 1 heterocycles. The summed E-state index contributed by atoms with van der Waals surface area (Å²) < 4.78 is 12.8. The van der Waals surface area contributed by atoms with Gasteiger partial charge in [0.15, 0.2) is 0 Å². The normalized spacial score (nSPS) is 29.2. The van der Waals surface area contributed by atoms with Gasteiger partial charge in [-0.05, 0) is 6.42 Å². The maximum atomic E-state index is 12.8. The van der Waals surface area contributed by atoms with Crippen LogP contribution in [0.4, 0.5) is 0 Å². The quantitative estimate of drug-likeness (QED) is 0.562. The van der Waals surface area contributed by atoms with Crippen molar-refractivity contribution < 1.29 is 4.57 Å². The van der Waals surface area contributed by atoms with E-state index in [0.717, 1.165) is 11.7 Å². The van der Waals surface area contributed by atoms with Crippen LogP contribution in [0.15, 0.2) is 55.1 Å². The van der Waals surface area contributed by atoms with Crippen LogP contribution in [0, 0.1) is 0 Å². The number of hydrogen-bond donors (Lipinski definition) is 0. The average Bonchev–Trinajstić information content (AvgIpc) is 2.64. The van der Waals surface area contributed by atoms with E-state index in [0.29, 0.717) is 6.16 Å². The molecule has 1 aliphatic rings. The summed E-state index contributed by atoms with van der Waals surface area (Å²) in [6.45, 7) is 3.73. The van der Waals surface area contributed by atoms with Gasteiger partial charge in [-0.2, -0.15) is 0 Å². The summed E-state index contributed by atoms with van der Waals surface area (Å²) in [6, 6.07) is 9.83. The lowest BCUT2D eigenvalue weighted by Crippen LogP contribution is -2.13. The topological polar surface area (TPSA) is 17.1 Å². The summed E-state index contributed by atoms with van der Waals surface area (Å²) >= 11 is 0. The molecule has 0 fully saturated rings. The molecule has 1 aliphatic heterocycles. The van der Waals surface area contributed by atoms with Gasteiger partial charge in [0.1, 0.15) is 7.14 Å². The van der Waals surface area contributed by atoms with Gasteiger partial charge in [-0.25, -0.2) is 0 Å². The van der Waals surface area contributed by atoms with E-state index in [-0.39, 0.29) is 5.66 Å². The molecule has 0 unspecified atom stereocenters. The Morgan fingerprint density at radius 1 is 1.40 bits per heavy atom. The molecule has 2 heteroatoms. The molecule has 1 nitrogen and oxygen atoms in total. The van der Waals surface area contributed by atoms with E-state index in [4.69, 9.17) is 0 Å². The first-order valence-electron chi connectivity index (χ1n) is 5.19. The molecule has 1 aromatic rings. The fraction of sp³-hybridized carbons (Fsp3) is 0.231. The zero-order valence-electron chi connectivity index (χ0n) is 8.67. The summed E-state index contributed by atoms with van der Waals surface area (Å²) in [5, 5.41) is 1.00. The largest absolute Gasteiger partial charge is 0.318 e. The summed E-state index contributed by atoms with van der Waals surface area (Å²) in [5.41, 5.74) is 0.164. The van der Waals surface area contributed by atoms with Crippen LogP contribution in [-0.2, 0) is 4.57 Å². The molecule has 0 aromatic heterocycles. The fourth-order valence-electron chi connectivity index (χ4n) is 2.05. The summed E-state index contributed by atoms with van der Waals surface area (Å²) in [4.78, 5) is 0. The van der Waals surface area contributed by atoms with E-state index in [1.807, 2.05) is 42.5 Å². The van der Waals surface area contributed by atoms with E-state index in [1.165, 1.54) is 0 Å². The smallest absolute Gasteiger partial charge is 0.126 e. The van der Waals surface area contributed by atoms with Gasteiger partial charge in [0.25, 0.3) is 0 Å². The van der Waals surface area contributed by atoms with Crippen molar-refractivity contribution >= 4 is 12.4 Å². The van der Waals surface area contributed by atoms with Gasteiger partial charge < -0.3 is 4.57 Å². The minimum Gasteiger partial charge on any atom is -0.318 e. The van der Waals surface area contributed by atoms with E-state index < -0.39 is 7.14 Å². The zero-order chi connectivity index (χ0) is 10.7. The molecule has 0 N–H and O–H groups in total. The first-order valence-corrected chi connectivity index (χ1v) is 7.15. The summed E-state index contributed by atoms with van der Waals surface area (Å²) in [6.07, 6.45) is 7.49. The molecule has 0 radical (unpaired) electrons. The van der Waals surface area contributed by atoms with Crippen LogP contribution in [0.25, 0.3) is 0 Å². The summed E-state index contributed by atoms with van der Waals surface area (Å²) in [7, 11) is -2.23. The van der Waals surface area contributed by atoms with Crippen molar-refractivity contribution in [3.05, 3.63) is 55.1 Å². The monoisotopic (exact) mass is 218 g/mol. The first kappa shape index (κ1) is 10.4. The Bertz CT molecular complexity index is 419. The number of allylic oxidation sites excluding steroid dienone is 3. The van der Waals surface area contributed by atoms with Crippen LogP contribution in [0.1, 0.15) is 6.42 Å². The standard InChI is InChI=1S/C13H15OP/c1-2-7-12-10-6-11-15(12,14)13-8-4-3-5-9-13/h2-6,8-10,12H,1,7,11H2/t12-,15+/m1/s1. The van der Waals surface area contributed by atoms with Crippen LogP contribution in [0.3, 0.4) is 0 Å². The van der Waals surface area contributed by atoms with Crippen molar-refractivity contribution in [3.63, 3.8) is 0 Å². The Morgan fingerprint density at radius 3 is 2.80 bits per heavy atom.